The number of fused-ring (bicyclic) bond motifs is 1. The third-order valence-corrected chi connectivity index (χ3v) is 7.66. The Labute approximate surface area is 188 Å². The highest BCUT2D eigenvalue weighted by Gasteiger charge is 2.43. The molecule has 2 aromatic rings. The number of para-hydroxylation sites is 1. The molecule has 172 valence electrons. The van der Waals surface area contributed by atoms with Gasteiger partial charge < -0.3 is 19.9 Å². The van der Waals surface area contributed by atoms with Crippen molar-refractivity contribution in [2.24, 2.45) is 0 Å². The van der Waals surface area contributed by atoms with E-state index in [-0.39, 0.29) is 43.1 Å². The Balaban J connectivity index is 1.47. The van der Waals surface area contributed by atoms with Crippen molar-refractivity contribution in [3.05, 3.63) is 60.7 Å². The van der Waals surface area contributed by atoms with Gasteiger partial charge in [-0.15, -0.1) is 0 Å². The number of ether oxygens (including phenoxy) is 2. The van der Waals surface area contributed by atoms with E-state index in [1.807, 2.05) is 30.3 Å². The first-order valence-electron chi connectivity index (χ1n) is 10.8. The van der Waals surface area contributed by atoms with Gasteiger partial charge in [-0.05, 0) is 37.1 Å². The van der Waals surface area contributed by atoms with E-state index >= 15 is 0 Å². The van der Waals surface area contributed by atoms with Crippen molar-refractivity contribution in [1.29, 1.82) is 0 Å². The predicted molar refractivity (Wildman–Crippen MR) is 119 cm³/mol. The van der Waals surface area contributed by atoms with Crippen LogP contribution in [0.3, 0.4) is 0 Å². The van der Waals surface area contributed by atoms with E-state index in [0.29, 0.717) is 12.8 Å². The summed E-state index contributed by atoms with van der Waals surface area (Å²) < 4.78 is 39.8. The number of nitrogens with one attached hydrogen (secondary N) is 1. The van der Waals surface area contributed by atoms with Gasteiger partial charge in [-0.3, -0.25) is 4.79 Å². The van der Waals surface area contributed by atoms with Crippen LogP contribution in [0.4, 0.5) is 5.69 Å². The molecular weight excluding hydrogens is 432 g/mol. The normalized spacial score (nSPS) is 27.0. The number of aliphatic hydroxyl groups excluding tert-OH is 1. The topological polar surface area (TPSA) is 105 Å². The molecule has 2 fully saturated rings. The minimum Gasteiger partial charge on any atom is -0.389 e. The van der Waals surface area contributed by atoms with Crippen LogP contribution in [0.25, 0.3) is 0 Å². The van der Waals surface area contributed by atoms with E-state index in [4.69, 9.17) is 9.47 Å². The molecule has 0 aromatic heterocycles. The molecule has 2 aromatic carbocycles. The molecule has 2 heterocycles. The number of aliphatic hydroxyl groups is 1. The van der Waals surface area contributed by atoms with Crippen LogP contribution >= 0.6 is 0 Å². The first-order valence-corrected chi connectivity index (χ1v) is 12.2. The number of sulfonamides is 1. The lowest BCUT2D eigenvalue weighted by Gasteiger charge is -2.43. The summed E-state index contributed by atoms with van der Waals surface area (Å²) >= 11 is 0. The van der Waals surface area contributed by atoms with Gasteiger partial charge >= 0.3 is 0 Å². The molecular formula is C23H28N2O6S. The molecule has 2 aliphatic rings. The van der Waals surface area contributed by atoms with Gasteiger partial charge in [-0.25, -0.2) is 8.42 Å². The highest BCUT2D eigenvalue weighted by molar-refractivity contribution is 7.89. The van der Waals surface area contributed by atoms with Gasteiger partial charge in [0.1, 0.15) is 0 Å². The molecule has 8 nitrogen and oxygen atoms in total. The summed E-state index contributed by atoms with van der Waals surface area (Å²) in [6.45, 7) is 0.104. The molecule has 4 rings (SSSR count). The maximum atomic E-state index is 13.4. The minimum atomic E-state index is -3.83. The summed E-state index contributed by atoms with van der Waals surface area (Å²) in [6, 6.07) is 16.9. The number of rotatable bonds is 5. The Bertz CT molecular complexity index is 1000. The quantitative estimate of drug-likeness (QED) is 0.707. The molecule has 0 aliphatic carbocycles. The van der Waals surface area contributed by atoms with Crippen molar-refractivity contribution in [1.82, 2.24) is 4.31 Å². The third kappa shape index (κ3) is 5.36. The number of anilines is 1. The summed E-state index contributed by atoms with van der Waals surface area (Å²) in [5, 5.41) is 13.1. The Hall–Kier alpha value is -2.30. The van der Waals surface area contributed by atoms with Crippen LogP contribution in [0, 0.1) is 0 Å². The van der Waals surface area contributed by atoms with E-state index in [2.05, 4.69) is 5.32 Å². The SMILES string of the molecule is O=C(C[C@H]1CC[C@@H]2[C@H](COC[C@H](O)CN2S(=O)(=O)c2ccccc2)O1)Nc1ccccc1. The summed E-state index contributed by atoms with van der Waals surface area (Å²) in [5.41, 5.74) is 0.717. The number of β-amino-alcohol motifs (C(OH)–C–C–N with tert-alkyl or cyclic N) is 1. The maximum Gasteiger partial charge on any atom is 0.243 e. The largest absolute Gasteiger partial charge is 0.389 e. The fourth-order valence-electron chi connectivity index (χ4n) is 4.24. The van der Waals surface area contributed by atoms with Gasteiger partial charge in [0.2, 0.25) is 15.9 Å². The first-order chi connectivity index (χ1) is 15.4. The molecule has 0 bridgehead atoms. The third-order valence-electron chi connectivity index (χ3n) is 5.75. The molecule has 0 radical (unpaired) electrons. The highest BCUT2D eigenvalue weighted by atomic mass is 32.2. The number of benzene rings is 2. The highest BCUT2D eigenvalue weighted by Crippen LogP contribution is 2.31. The lowest BCUT2D eigenvalue weighted by atomic mass is 9.96. The fraction of sp³-hybridized carbons (Fsp3) is 0.435. The van der Waals surface area contributed by atoms with E-state index in [0.717, 1.165) is 5.69 Å². The van der Waals surface area contributed by atoms with Gasteiger partial charge in [0.05, 0.1) is 48.9 Å². The molecule has 0 spiro atoms. The number of amides is 1. The van der Waals surface area contributed by atoms with Crippen molar-refractivity contribution in [2.45, 2.75) is 48.5 Å². The second-order valence-electron chi connectivity index (χ2n) is 8.14. The molecule has 9 heteroatoms. The second kappa shape index (κ2) is 10.1. The summed E-state index contributed by atoms with van der Waals surface area (Å²) in [5.74, 6) is -0.157. The van der Waals surface area contributed by atoms with Crippen LogP contribution in [0.1, 0.15) is 19.3 Å². The predicted octanol–water partition coefficient (Wildman–Crippen LogP) is 2.01. The number of hydrogen-bond acceptors (Lipinski definition) is 6. The molecule has 1 amide bonds. The zero-order chi connectivity index (χ0) is 22.6. The molecule has 2 aliphatic heterocycles. The minimum absolute atomic E-state index is 0.0204. The Morgan fingerprint density at radius 2 is 1.72 bits per heavy atom. The second-order valence-corrected chi connectivity index (χ2v) is 10.0. The first kappa shape index (κ1) is 22.9. The van der Waals surface area contributed by atoms with Crippen LogP contribution < -0.4 is 5.32 Å². The van der Waals surface area contributed by atoms with Gasteiger partial charge in [0.25, 0.3) is 0 Å². The monoisotopic (exact) mass is 460 g/mol. The number of nitrogens with zero attached hydrogens (tertiary/aromatic N) is 1. The number of carbonyl (C=O) groups is 1. The Morgan fingerprint density at radius 3 is 2.44 bits per heavy atom. The fourth-order valence-corrected chi connectivity index (χ4v) is 5.98. The summed E-state index contributed by atoms with van der Waals surface area (Å²) in [4.78, 5) is 12.6. The molecule has 4 atom stereocenters. The molecule has 2 saturated heterocycles. The van der Waals surface area contributed by atoms with Crippen molar-refractivity contribution in [3.63, 3.8) is 0 Å². The maximum absolute atomic E-state index is 13.4. The lowest BCUT2D eigenvalue weighted by molar-refractivity contribution is -0.144. The van der Waals surface area contributed by atoms with Gasteiger partial charge in [-0.2, -0.15) is 4.31 Å². The Morgan fingerprint density at radius 1 is 1.03 bits per heavy atom. The van der Waals surface area contributed by atoms with Crippen LogP contribution in [0.2, 0.25) is 0 Å². The van der Waals surface area contributed by atoms with Crippen molar-refractivity contribution >= 4 is 21.6 Å². The van der Waals surface area contributed by atoms with E-state index in [1.54, 1.807) is 30.3 Å². The van der Waals surface area contributed by atoms with Crippen LogP contribution in [0.5, 0.6) is 0 Å². The van der Waals surface area contributed by atoms with E-state index in [9.17, 15) is 18.3 Å². The average molecular weight is 461 g/mol. The molecule has 2 N–H and O–H groups in total. The van der Waals surface area contributed by atoms with Crippen LogP contribution in [-0.2, 0) is 24.3 Å². The standard InChI is InChI=1S/C23H28N2O6S/c26-18-14-25(32(28,29)20-9-5-2-6-10-20)21-12-11-19(31-22(21)16-30-15-18)13-23(27)24-17-7-3-1-4-8-17/h1-10,18-19,21-22,26H,11-16H2,(H,24,27)/t18-,19-,21-,22+/m1/s1. The van der Waals surface area contributed by atoms with E-state index in [1.165, 1.54) is 4.31 Å². The van der Waals surface area contributed by atoms with Crippen molar-refractivity contribution < 1.29 is 27.8 Å². The van der Waals surface area contributed by atoms with Crippen molar-refractivity contribution in [3.8, 4) is 0 Å². The van der Waals surface area contributed by atoms with Gasteiger partial charge in [0.15, 0.2) is 0 Å². The van der Waals surface area contributed by atoms with Crippen LogP contribution in [-0.4, -0.2) is 67.8 Å². The number of carbonyl (C=O) groups excluding carboxylic acids is 1. The summed E-state index contributed by atoms with van der Waals surface area (Å²) in [7, 11) is -3.83. The molecule has 0 unspecified atom stereocenters. The Kier molecular flexibility index (Phi) is 7.22. The number of hydrogen-bond donors (Lipinski definition) is 2. The zero-order valence-corrected chi connectivity index (χ0v) is 18.5. The summed E-state index contributed by atoms with van der Waals surface area (Å²) in [6.07, 6.45) is -0.579. The van der Waals surface area contributed by atoms with E-state index < -0.39 is 28.3 Å². The molecule has 32 heavy (non-hydrogen) atoms. The molecule has 0 saturated carbocycles. The van der Waals surface area contributed by atoms with Gasteiger partial charge in [-0.1, -0.05) is 36.4 Å². The lowest BCUT2D eigenvalue weighted by Crippen LogP contribution is -2.57. The van der Waals surface area contributed by atoms with Crippen LogP contribution in [0.15, 0.2) is 65.6 Å². The van der Waals surface area contributed by atoms with Gasteiger partial charge in [0, 0.05) is 12.2 Å². The van der Waals surface area contributed by atoms with Crippen molar-refractivity contribution in [2.75, 3.05) is 25.1 Å². The zero-order valence-electron chi connectivity index (χ0n) is 17.7. The average Bonchev–Trinajstić information content (AvgIpc) is 2.78. The smallest absolute Gasteiger partial charge is 0.243 e.